The van der Waals surface area contributed by atoms with E-state index in [4.69, 9.17) is 32.7 Å². The van der Waals surface area contributed by atoms with Gasteiger partial charge in [0.2, 0.25) is 24.2 Å². The van der Waals surface area contributed by atoms with E-state index in [1.165, 1.54) is 21.3 Å². The molecule has 0 atom stereocenters. The van der Waals surface area contributed by atoms with E-state index in [9.17, 15) is 0 Å². The smallest absolute Gasteiger partial charge is 0.316 e. The highest BCUT2D eigenvalue weighted by atomic mass is 16.7. The molecule has 11 heteroatoms. The summed E-state index contributed by atoms with van der Waals surface area (Å²) in [7, 11) is 4.58. The van der Waals surface area contributed by atoms with Crippen molar-refractivity contribution in [2.45, 2.75) is 0 Å². The fourth-order valence-electron chi connectivity index (χ4n) is 3.10. The molecule has 0 saturated heterocycles. The molecular formula is C20H16N4O7. The quantitative estimate of drug-likeness (QED) is 0.453. The zero-order valence-electron chi connectivity index (χ0n) is 16.7. The van der Waals surface area contributed by atoms with E-state index < -0.39 is 0 Å². The first-order valence-electron chi connectivity index (χ1n) is 9.08. The van der Waals surface area contributed by atoms with Crippen molar-refractivity contribution in [3.8, 4) is 63.3 Å². The summed E-state index contributed by atoms with van der Waals surface area (Å²) in [6.45, 7) is 0.183. The first-order valence-corrected chi connectivity index (χ1v) is 9.08. The van der Waals surface area contributed by atoms with Gasteiger partial charge in [-0.1, -0.05) is 10.3 Å². The Kier molecular flexibility index (Phi) is 4.54. The molecule has 2 aromatic carbocycles. The second-order valence-electron chi connectivity index (χ2n) is 6.33. The van der Waals surface area contributed by atoms with Gasteiger partial charge in [0.15, 0.2) is 23.0 Å². The highest BCUT2D eigenvalue weighted by Crippen LogP contribution is 2.41. The summed E-state index contributed by atoms with van der Waals surface area (Å²) < 4.78 is 37.4. The maximum atomic E-state index is 5.38. The zero-order chi connectivity index (χ0) is 21.4. The van der Waals surface area contributed by atoms with E-state index in [0.29, 0.717) is 45.7 Å². The molecule has 11 nitrogen and oxygen atoms in total. The lowest BCUT2D eigenvalue weighted by atomic mass is 10.1. The summed E-state index contributed by atoms with van der Waals surface area (Å²) >= 11 is 0. The molecule has 158 valence electrons. The van der Waals surface area contributed by atoms with Gasteiger partial charge in [-0.05, 0) is 30.3 Å². The Balaban J connectivity index is 1.45. The van der Waals surface area contributed by atoms with Crippen LogP contribution in [0.5, 0.6) is 28.7 Å². The lowest BCUT2D eigenvalue weighted by Crippen LogP contribution is -1.96. The lowest BCUT2D eigenvalue weighted by Gasteiger charge is -2.12. The molecule has 4 aromatic rings. The lowest BCUT2D eigenvalue weighted by molar-refractivity contribution is 0.174. The minimum Gasteiger partial charge on any atom is -0.493 e. The number of fused-ring (bicyclic) bond motifs is 1. The number of rotatable bonds is 6. The Labute approximate surface area is 175 Å². The van der Waals surface area contributed by atoms with Crippen molar-refractivity contribution >= 4 is 0 Å². The highest BCUT2D eigenvalue weighted by molar-refractivity contribution is 5.67. The van der Waals surface area contributed by atoms with Crippen molar-refractivity contribution in [1.29, 1.82) is 0 Å². The summed E-state index contributed by atoms with van der Waals surface area (Å²) in [5.41, 5.74) is 1.30. The maximum absolute atomic E-state index is 5.38. The van der Waals surface area contributed by atoms with Gasteiger partial charge in [-0.2, -0.15) is 9.97 Å². The van der Waals surface area contributed by atoms with Crippen LogP contribution in [-0.4, -0.2) is 48.4 Å². The summed E-state index contributed by atoms with van der Waals surface area (Å²) in [6.07, 6.45) is 0. The van der Waals surface area contributed by atoms with Crippen molar-refractivity contribution in [1.82, 2.24) is 20.3 Å². The van der Waals surface area contributed by atoms with Crippen LogP contribution in [0.1, 0.15) is 0 Å². The maximum Gasteiger partial charge on any atom is 0.316 e. The van der Waals surface area contributed by atoms with E-state index >= 15 is 0 Å². The van der Waals surface area contributed by atoms with Crippen molar-refractivity contribution in [2.24, 2.45) is 0 Å². The third-order valence-electron chi connectivity index (χ3n) is 4.59. The third-order valence-corrected chi connectivity index (χ3v) is 4.59. The fraction of sp³-hybridized carbons (Fsp3) is 0.200. The SMILES string of the molecule is COc1cc(-c2noc(-c3nc(-c4ccc5c(c4)OCO5)no3)n2)cc(OC)c1OC. The predicted octanol–water partition coefficient (Wildman–Crippen LogP) is 3.21. The molecule has 0 aliphatic carbocycles. The van der Waals surface area contributed by atoms with Gasteiger partial charge < -0.3 is 32.7 Å². The molecule has 0 saturated carbocycles. The molecule has 0 N–H and O–H groups in total. The minimum atomic E-state index is 0.0724. The van der Waals surface area contributed by atoms with Crippen LogP contribution in [0.4, 0.5) is 0 Å². The van der Waals surface area contributed by atoms with Gasteiger partial charge in [0.25, 0.3) is 0 Å². The molecule has 5 rings (SSSR count). The number of nitrogens with zero attached hydrogens (tertiary/aromatic N) is 4. The Morgan fingerprint density at radius 2 is 1.32 bits per heavy atom. The molecule has 0 spiro atoms. The van der Waals surface area contributed by atoms with Crippen LogP contribution in [0.2, 0.25) is 0 Å². The van der Waals surface area contributed by atoms with Crippen LogP contribution in [0.3, 0.4) is 0 Å². The van der Waals surface area contributed by atoms with E-state index in [0.717, 1.165) is 0 Å². The van der Waals surface area contributed by atoms with Gasteiger partial charge in [0.1, 0.15) is 0 Å². The second-order valence-corrected chi connectivity index (χ2v) is 6.33. The van der Waals surface area contributed by atoms with Crippen molar-refractivity contribution < 1.29 is 32.7 Å². The first kappa shape index (κ1) is 18.7. The molecule has 0 bridgehead atoms. The summed E-state index contributed by atoms with van der Waals surface area (Å²) in [5, 5.41) is 7.98. The summed E-state index contributed by atoms with van der Waals surface area (Å²) in [4.78, 5) is 8.69. The second kappa shape index (κ2) is 7.52. The van der Waals surface area contributed by atoms with E-state index in [1.54, 1.807) is 30.3 Å². The summed E-state index contributed by atoms with van der Waals surface area (Å²) in [5.74, 6) is 3.46. The Morgan fingerprint density at radius 3 is 1.94 bits per heavy atom. The van der Waals surface area contributed by atoms with Crippen LogP contribution in [0.15, 0.2) is 39.4 Å². The van der Waals surface area contributed by atoms with Crippen LogP contribution in [0.25, 0.3) is 34.6 Å². The van der Waals surface area contributed by atoms with Crippen LogP contribution in [-0.2, 0) is 0 Å². The van der Waals surface area contributed by atoms with E-state index in [1.807, 2.05) is 0 Å². The van der Waals surface area contributed by atoms with Gasteiger partial charge in [0, 0.05) is 11.1 Å². The molecule has 3 heterocycles. The Hall–Kier alpha value is -4.28. The molecule has 0 radical (unpaired) electrons. The molecule has 0 unspecified atom stereocenters. The third kappa shape index (κ3) is 3.25. The Morgan fingerprint density at radius 1 is 0.710 bits per heavy atom. The fourth-order valence-corrected chi connectivity index (χ4v) is 3.10. The standard InChI is InChI=1S/C20H16N4O7/c1-25-14-7-11(8-15(26-2)16(14)27-3)18-22-20(31-24-18)19-21-17(23-30-19)10-4-5-12-13(6-10)29-9-28-12/h4-8H,9H2,1-3H3. The average molecular weight is 424 g/mol. The normalized spacial score (nSPS) is 12.1. The number of hydrogen-bond acceptors (Lipinski definition) is 11. The number of benzene rings is 2. The molecule has 2 aromatic heterocycles. The summed E-state index contributed by atoms with van der Waals surface area (Å²) in [6, 6.07) is 8.77. The number of hydrogen-bond donors (Lipinski definition) is 0. The highest BCUT2D eigenvalue weighted by Gasteiger charge is 2.22. The monoisotopic (exact) mass is 424 g/mol. The van der Waals surface area contributed by atoms with E-state index in [2.05, 4.69) is 20.3 Å². The van der Waals surface area contributed by atoms with Crippen LogP contribution in [0, 0.1) is 0 Å². The zero-order valence-corrected chi connectivity index (χ0v) is 16.7. The number of ether oxygens (including phenoxy) is 5. The van der Waals surface area contributed by atoms with Gasteiger partial charge in [-0.3, -0.25) is 0 Å². The minimum absolute atomic E-state index is 0.0724. The largest absolute Gasteiger partial charge is 0.493 e. The number of methoxy groups -OCH3 is 3. The van der Waals surface area contributed by atoms with E-state index in [-0.39, 0.29) is 24.4 Å². The van der Waals surface area contributed by atoms with Crippen molar-refractivity contribution in [3.63, 3.8) is 0 Å². The van der Waals surface area contributed by atoms with Gasteiger partial charge in [-0.15, -0.1) is 0 Å². The average Bonchev–Trinajstić information content (AvgIpc) is 3.57. The molecule has 0 amide bonds. The van der Waals surface area contributed by atoms with Gasteiger partial charge in [-0.25, -0.2) is 0 Å². The number of aromatic nitrogens is 4. The van der Waals surface area contributed by atoms with Gasteiger partial charge in [0.05, 0.1) is 21.3 Å². The van der Waals surface area contributed by atoms with Crippen LogP contribution >= 0.6 is 0 Å². The molecule has 0 fully saturated rings. The topological polar surface area (TPSA) is 124 Å². The molecule has 1 aliphatic rings. The van der Waals surface area contributed by atoms with Gasteiger partial charge >= 0.3 is 11.8 Å². The Bertz CT molecular complexity index is 1230. The first-order chi connectivity index (χ1) is 15.2. The van der Waals surface area contributed by atoms with Crippen molar-refractivity contribution in [3.05, 3.63) is 30.3 Å². The molecule has 31 heavy (non-hydrogen) atoms. The predicted molar refractivity (Wildman–Crippen MR) is 104 cm³/mol. The molecular weight excluding hydrogens is 408 g/mol. The van der Waals surface area contributed by atoms with Crippen molar-refractivity contribution in [2.75, 3.05) is 28.1 Å². The molecule has 1 aliphatic heterocycles. The van der Waals surface area contributed by atoms with Crippen LogP contribution < -0.4 is 23.7 Å².